The van der Waals surface area contributed by atoms with E-state index in [-0.39, 0.29) is 18.3 Å². The first-order valence-electron chi connectivity index (χ1n) is 10.4. The van der Waals surface area contributed by atoms with Crippen molar-refractivity contribution >= 4 is 11.9 Å². The normalized spacial score (nSPS) is 10.3. The topological polar surface area (TPSA) is 112 Å². The second-order valence-electron chi connectivity index (χ2n) is 7.22. The molecule has 8 nitrogen and oxygen atoms in total. The van der Waals surface area contributed by atoms with Gasteiger partial charge in [0.1, 0.15) is 34.5 Å². The average molecular weight is 472 g/mol. The van der Waals surface area contributed by atoms with Crippen LogP contribution in [0.5, 0.6) is 34.5 Å². The second-order valence-corrected chi connectivity index (χ2v) is 7.22. The van der Waals surface area contributed by atoms with E-state index >= 15 is 0 Å². The van der Waals surface area contributed by atoms with Crippen LogP contribution in [0.3, 0.4) is 0 Å². The van der Waals surface area contributed by atoms with Crippen LogP contribution in [0.2, 0.25) is 0 Å². The highest BCUT2D eigenvalue weighted by Crippen LogP contribution is 2.20. The molecule has 4 aromatic rings. The summed E-state index contributed by atoms with van der Waals surface area (Å²) in [6.07, 6.45) is 0. The number of phenols is 2. The Morgan fingerprint density at radius 1 is 0.486 bits per heavy atom. The van der Waals surface area contributed by atoms with Gasteiger partial charge in [0.2, 0.25) is 6.79 Å². The van der Waals surface area contributed by atoms with Crippen LogP contribution in [0, 0.1) is 0 Å². The summed E-state index contributed by atoms with van der Waals surface area (Å²) in [5.41, 5.74) is 0.669. The van der Waals surface area contributed by atoms with Crippen molar-refractivity contribution in [3.8, 4) is 34.5 Å². The molecule has 0 saturated heterocycles. The molecule has 0 heterocycles. The van der Waals surface area contributed by atoms with E-state index < -0.39 is 11.9 Å². The number of carbonyl (C=O) groups is 2. The van der Waals surface area contributed by atoms with E-state index in [0.29, 0.717) is 34.1 Å². The fraction of sp³-hybridized carbons (Fsp3) is 0.0370. The van der Waals surface area contributed by atoms with Crippen LogP contribution in [0.15, 0.2) is 97.1 Å². The zero-order valence-corrected chi connectivity index (χ0v) is 18.3. The van der Waals surface area contributed by atoms with Crippen LogP contribution in [-0.4, -0.2) is 28.9 Å². The van der Waals surface area contributed by atoms with Gasteiger partial charge < -0.3 is 29.2 Å². The SMILES string of the molecule is O=C(Oc1ccc(O)cc1)c1ccc(OCOc2ccc(C(=O)Oc3ccc(O)cc3)cc2)cc1. The van der Waals surface area contributed by atoms with Crippen LogP contribution in [0.1, 0.15) is 20.7 Å². The van der Waals surface area contributed by atoms with Gasteiger partial charge in [0.25, 0.3) is 0 Å². The lowest BCUT2D eigenvalue weighted by Gasteiger charge is -2.10. The molecular weight excluding hydrogens is 452 g/mol. The van der Waals surface area contributed by atoms with E-state index in [1.165, 1.54) is 48.5 Å². The highest BCUT2D eigenvalue weighted by molar-refractivity contribution is 5.91. The molecule has 0 aliphatic rings. The summed E-state index contributed by atoms with van der Waals surface area (Å²) < 4.78 is 21.5. The fourth-order valence-electron chi connectivity index (χ4n) is 2.90. The lowest BCUT2D eigenvalue weighted by atomic mass is 10.2. The Kier molecular flexibility index (Phi) is 7.13. The van der Waals surface area contributed by atoms with Crippen molar-refractivity contribution in [2.45, 2.75) is 0 Å². The fourth-order valence-corrected chi connectivity index (χ4v) is 2.90. The molecule has 176 valence electrons. The Morgan fingerprint density at radius 3 is 1.14 bits per heavy atom. The Balaban J connectivity index is 1.24. The minimum atomic E-state index is -0.539. The lowest BCUT2D eigenvalue weighted by Crippen LogP contribution is -2.10. The molecule has 8 heteroatoms. The number of aromatic hydroxyl groups is 2. The summed E-state index contributed by atoms with van der Waals surface area (Å²) in [5, 5.41) is 18.6. The van der Waals surface area contributed by atoms with Gasteiger partial charge in [-0.15, -0.1) is 0 Å². The minimum Gasteiger partial charge on any atom is -0.508 e. The lowest BCUT2D eigenvalue weighted by molar-refractivity contribution is 0.0725. The zero-order valence-electron chi connectivity index (χ0n) is 18.3. The number of ether oxygens (including phenoxy) is 4. The van der Waals surface area contributed by atoms with Gasteiger partial charge in [-0.2, -0.15) is 0 Å². The van der Waals surface area contributed by atoms with Gasteiger partial charge in [0.05, 0.1) is 11.1 Å². The number of carbonyl (C=O) groups excluding carboxylic acids is 2. The molecule has 0 aliphatic heterocycles. The molecular formula is C27H20O8. The highest BCUT2D eigenvalue weighted by atomic mass is 16.7. The first-order valence-corrected chi connectivity index (χ1v) is 10.4. The molecule has 35 heavy (non-hydrogen) atoms. The summed E-state index contributed by atoms with van der Waals surface area (Å²) in [7, 11) is 0. The van der Waals surface area contributed by atoms with Gasteiger partial charge in [-0.25, -0.2) is 9.59 Å². The predicted molar refractivity (Wildman–Crippen MR) is 125 cm³/mol. The molecule has 0 amide bonds. The van der Waals surface area contributed by atoms with E-state index in [9.17, 15) is 19.8 Å². The summed E-state index contributed by atoms with van der Waals surface area (Å²) in [5.74, 6) is 0.697. The van der Waals surface area contributed by atoms with E-state index in [1.807, 2.05) is 0 Å². The van der Waals surface area contributed by atoms with Crippen LogP contribution < -0.4 is 18.9 Å². The van der Waals surface area contributed by atoms with Crippen molar-refractivity contribution < 1.29 is 38.7 Å². The Labute approximate surface area is 200 Å². The third-order valence-electron chi connectivity index (χ3n) is 4.73. The first-order chi connectivity index (χ1) is 17.0. The van der Waals surface area contributed by atoms with Crippen LogP contribution in [0.4, 0.5) is 0 Å². The number of benzene rings is 4. The molecule has 4 aromatic carbocycles. The maximum absolute atomic E-state index is 12.2. The van der Waals surface area contributed by atoms with Crippen molar-refractivity contribution in [3.63, 3.8) is 0 Å². The average Bonchev–Trinajstić information content (AvgIpc) is 2.87. The molecule has 2 N–H and O–H groups in total. The van der Waals surface area contributed by atoms with Crippen molar-refractivity contribution in [1.82, 2.24) is 0 Å². The molecule has 0 unspecified atom stereocenters. The smallest absolute Gasteiger partial charge is 0.343 e. The first kappa shape index (κ1) is 23.2. The van der Waals surface area contributed by atoms with Crippen molar-refractivity contribution in [1.29, 1.82) is 0 Å². The Morgan fingerprint density at radius 2 is 0.800 bits per heavy atom. The van der Waals surface area contributed by atoms with Gasteiger partial charge in [-0.05, 0) is 97.1 Å². The molecule has 0 spiro atoms. The Hall–Kier alpha value is -4.98. The highest BCUT2D eigenvalue weighted by Gasteiger charge is 2.10. The standard InChI is InChI=1S/C27H20O8/c28-20-5-13-24(14-6-20)34-26(30)18-1-9-22(10-2-18)32-17-33-23-11-3-19(4-12-23)27(31)35-25-15-7-21(29)8-16-25/h1-16,28-29H,17H2. The number of phenolic OH excluding ortho intramolecular Hbond substituents is 2. The van der Waals surface area contributed by atoms with Crippen LogP contribution in [-0.2, 0) is 0 Å². The number of hydrogen-bond donors (Lipinski definition) is 2. The number of hydrogen-bond acceptors (Lipinski definition) is 8. The van der Waals surface area contributed by atoms with Gasteiger partial charge in [-0.1, -0.05) is 0 Å². The summed E-state index contributed by atoms with van der Waals surface area (Å²) >= 11 is 0. The maximum Gasteiger partial charge on any atom is 0.343 e. The van der Waals surface area contributed by atoms with Crippen molar-refractivity contribution in [2.24, 2.45) is 0 Å². The predicted octanol–water partition coefficient (Wildman–Crippen LogP) is 4.95. The molecule has 0 aromatic heterocycles. The van der Waals surface area contributed by atoms with Crippen molar-refractivity contribution in [2.75, 3.05) is 6.79 Å². The monoisotopic (exact) mass is 472 g/mol. The second kappa shape index (κ2) is 10.8. The van der Waals surface area contributed by atoms with Crippen molar-refractivity contribution in [3.05, 3.63) is 108 Å². The molecule has 0 fully saturated rings. The summed E-state index contributed by atoms with van der Waals surface area (Å²) in [6.45, 7) is -0.0887. The Bertz CT molecular complexity index is 1180. The zero-order chi connectivity index (χ0) is 24.6. The van der Waals surface area contributed by atoms with Gasteiger partial charge >= 0.3 is 11.9 Å². The molecule has 0 radical (unpaired) electrons. The van der Waals surface area contributed by atoms with Crippen LogP contribution >= 0.6 is 0 Å². The van der Waals surface area contributed by atoms with Gasteiger partial charge in [0, 0.05) is 0 Å². The van der Waals surface area contributed by atoms with E-state index in [1.54, 1.807) is 48.5 Å². The van der Waals surface area contributed by atoms with E-state index in [2.05, 4.69) is 0 Å². The number of esters is 2. The molecule has 0 aliphatic carbocycles. The third kappa shape index (κ3) is 6.52. The maximum atomic E-state index is 12.2. The minimum absolute atomic E-state index is 0.0811. The largest absolute Gasteiger partial charge is 0.508 e. The van der Waals surface area contributed by atoms with Crippen LogP contribution in [0.25, 0.3) is 0 Å². The van der Waals surface area contributed by atoms with E-state index in [0.717, 1.165) is 0 Å². The summed E-state index contributed by atoms with van der Waals surface area (Å²) in [4.78, 5) is 24.4. The third-order valence-corrected chi connectivity index (χ3v) is 4.73. The quantitative estimate of drug-likeness (QED) is 0.210. The van der Waals surface area contributed by atoms with Gasteiger partial charge in [-0.3, -0.25) is 0 Å². The molecule has 0 atom stereocenters. The van der Waals surface area contributed by atoms with Gasteiger partial charge in [0.15, 0.2) is 0 Å². The van der Waals surface area contributed by atoms with E-state index in [4.69, 9.17) is 18.9 Å². The number of rotatable bonds is 8. The molecule has 4 rings (SSSR count). The molecule has 0 bridgehead atoms. The molecule has 0 saturated carbocycles. The summed E-state index contributed by atoms with van der Waals surface area (Å²) in [6, 6.07) is 24.4.